The molecule has 0 bridgehead atoms. The second-order valence-electron chi connectivity index (χ2n) is 5.86. The normalized spacial score (nSPS) is 11.9. The van der Waals surface area contributed by atoms with E-state index in [0.717, 1.165) is 5.56 Å². The van der Waals surface area contributed by atoms with E-state index in [4.69, 9.17) is 11.6 Å². The molecule has 5 nitrogen and oxygen atoms in total. The fraction of sp³-hybridized carbons (Fsp3) is 0.278. The molecule has 0 fully saturated rings. The van der Waals surface area contributed by atoms with E-state index in [1.54, 1.807) is 30.5 Å². The van der Waals surface area contributed by atoms with Crippen molar-refractivity contribution in [1.82, 2.24) is 10.3 Å². The number of aryl methyl sites for hydroxylation is 1. The lowest BCUT2D eigenvalue weighted by molar-refractivity contribution is -0.136. The Labute approximate surface area is 146 Å². The Kier molecular flexibility index (Phi) is 5.93. The molecule has 0 aliphatic heterocycles. The molecule has 0 aliphatic rings. The number of benzene rings is 1. The highest BCUT2D eigenvalue weighted by molar-refractivity contribution is 6.40. The number of amides is 2. The molecule has 1 aromatic carbocycles. The molecular weight excluding hydrogens is 326 g/mol. The Morgan fingerprint density at radius 3 is 2.50 bits per heavy atom. The van der Waals surface area contributed by atoms with E-state index in [9.17, 15) is 9.59 Å². The van der Waals surface area contributed by atoms with Gasteiger partial charge in [0.05, 0.1) is 11.7 Å². The van der Waals surface area contributed by atoms with Gasteiger partial charge in [-0.3, -0.25) is 14.6 Å². The summed E-state index contributed by atoms with van der Waals surface area (Å²) in [5.74, 6) is -1.36. The molecule has 0 radical (unpaired) electrons. The van der Waals surface area contributed by atoms with Gasteiger partial charge in [-0.05, 0) is 42.7 Å². The highest BCUT2D eigenvalue weighted by atomic mass is 35.5. The first-order valence-corrected chi connectivity index (χ1v) is 8.05. The zero-order chi connectivity index (χ0) is 17.7. The van der Waals surface area contributed by atoms with Crippen LogP contribution in [0.15, 0.2) is 42.6 Å². The quantitative estimate of drug-likeness (QED) is 0.833. The van der Waals surface area contributed by atoms with E-state index in [-0.39, 0.29) is 12.0 Å². The van der Waals surface area contributed by atoms with Crippen molar-refractivity contribution < 1.29 is 9.59 Å². The minimum atomic E-state index is -0.734. The summed E-state index contributed by atoms with van der Waals surface area (Å²) >= 11 is 5.93. The van der Waals surface area contributed by atoms with Gasteiger partial charge in [-0.15, -0.1) is 0 Å². The van der Waals surface area contributed by atoms with Crippen LogP contribution in [-0.4, -0.2) is 16.8 Å². The summed E-state index contributed by atoms with van der Waals surface area (Å²) in [5, 5.41) is 5.82. The number of nitrogens with zero attached hydrogens (tertiary/aromatic N) is 1. The maximum atomic E-state index is 12.2. The zero-order valence-electron chi connectivity index (χ0n) is 13.8. The van der Waals surface area contributed by atoms with Crippen LogP contribution in [0.4, 0.5) is 5.69 Å². The van der Waals surface area contributed by atoms with Crippen molar-refractivity contribution in [2.45, 2.75) is 26.8 Å². The molecule has 2 rings (SSSR count). The van der Waals surface area contributed by atoms with Crippen LogP contribution in [0.5, 0.6) is 0 Å². The first-order chi connectivity index (χ1) is 11.4. The van der Waals surface area contributed by atoms with Gasteiger partial charge in [0.25, 0.3) is 0 Å². The molecule has 2 amide bonds. The number of carbonyl (C=O) groups is 2. The molecule has 1 heterocycles. The third-order valence-corrected chi connectivity index (χ3v) is 3.85. The number of anilines is 1. The van der Waals surface area contributed by atoms with Gasteiger partial charge in [-0.1, -0.05) is 37.6 Å². The van der Waals surface area contributed by atoms with Crippen molar-refractivity contribution in [1.29, 1.82) is 0 Å². The molecule has 24 heavy (non-hydrogen) atoms. The van der Waals surface area contributed by atoms with E-state index in [1.807, 2.05) is 32.9 Å². The number of hydrogen-bond donors (Lipinski definition) is 2. The van der Waals surface area contributed by atoms with Crippen LogP contribution in [0.25, 0.3) is 0 Å². The fourth-order valence-corrected chi connectivity index (χ4v) is 2.43. The van der Waals surface area contributed by atoms with Crippen molar-refractivity contribution in [3.05, 3.63) is 58.9 Å². The predicted octanol–water partition coefficient (Wildman–Crippen LogP) is 3.50. The number of hydrogen-bond acceptors (Lipinski definition) is 3. The standard InChI is InChI=1S/C18H20ClN3O2/c1-11(2)16(14-6-4-5-9-20-14)22-18(24)17(23)21-15-10-13(19)8-7-12(15)3/h4-11,16H,1-3H3,(H,21,23)(H,22,24)/t16-/m1/s1. The topological polar surface area (TPSA) is 71.1 Å². The Morgan fingerprint density at radius 2 is 1.88 bits per heavy atom. The highest BCUT2D eigenvalue weighted by Gasteiger charge is 2.23. The van der Waals surface area contributed by atoms with Gasteiger partial charge in [0.1, 0.15) is 0 Å². The minimum absolute atomic E-state index is 0.0876. The monoisotopic (exact) mass is 345 g/mol. The average molecular weight is 346 g/mol. The van der Waals surface area contributed by atoms with Crippen LogP contribution in [-0.2, 0) is 9.59 Å². The Morgan fingerprint density at radius 1 is 1.12 bits per heavy atom. The number of halogens is 1. The molecule has 126 valence electrons. The first-order valence-electron chi connectivity index (χ1n) is 7.67. The lowest BCUT2D eigenvalue weighted by Crippen LogP contribution is -2.40. The second-order valence-corrected chi connectivity index (χ2v) is 6.30. The molecular formula is C18H20ClN3O2. The van der Waals surface area contributed by atoms with Crippen molar-refractivity contribution in [2.24, 2.45) is 5.92 Å². The largest absolute Gasteiger partial charge is 0.339 e. The van der Waals surface area contributed by atoms with Gasteiger partial charge in [0, 0.05) is 16.9 Å². The van der Waals surface area contributed by atoms with Crippen molar-refractivity contribution in [3.63, 3.8) is 0 Å². The summed E-state index contributed by atoms with van der Waals surface area (Å²) in [4.78, 5) is 28.7. The molecule has 0 saturated carbocycles. The summed E-state index contributed by atoms with van der Waals surface area (Å²) in [5.41, 5.74) is 2.06. The number of aromatic nitrogens is 1. The SMILES string of the molecule is Cc1ccc(Cl)cc1NC(=O)C(=O)N[C@@H](c1ccccn1)C(C)C. The Bertz CT molecular complexity index is 732. The maximum absolute atomic E-state index is 12.2. The number of rotatable bonds is 4. The van der Waals surface area contributed by atoms with Crippen molar-refractivity contribution in [3.8, 4) is 0 Å². The number of carbonyl (C=O) groups excluding carboxylic acids is 2. The molecule has 6 heteroatoms. The van der Waals surface area contributed by atoms with Crippen LogP contribution in [0.3, 0.4) is 0 Å². The van der Waals surface area contributed by atoms with E-state index in [2.05, 4.69) is 15.6 Å². The second kappa shape index (κ2) is 7.93. The van der Waals surface area contributed by atoms with E-state index < -0.39 is 11.8 Å². The van der Waals surface area contributed by atoms with E-state index >= 15 is 0 Å². The summed E-state index contributed by atoms with van der Waals surface area (Å²) in [6, 6.07) is 10.2. The van der Waals surface area contributed by atoms with Gasteiger partial charge in [0.15, 0.2) is 0 Å². The molecule has 1 atom stereocenters. The van der Waals surface area contributed by atoms with Gasteiger partial charge in [-0.2, -0.15) is 0 Å². The molecule has 2 N–H and O–H groups in total. The maximum Gasteiger partial charge on any atom is 0.313 e. The summed E-state index contributed by atoms with van der Waals surface area (Å²) < 4.78 is 0. The van der Waals surface area contributed by atoms with Gasteiger partial charge >= 0.3 is 11.8 Å². The van der Waals surface area contributed by atoms with Crippen LogP contribution in [0.1, 0.15) is 31.1 Å². The minimum Gasteiger partial charge on any atom is -0.339 e. The third kappa shape index (κ3) is 4.55. The van der Waals surface area contributed by atoms with Gasteiger partial charge < -0.3 is 10.6 Å². The van der Waals surface area contributed by atoms with Crippen LogP contribution in [0, 0.1) is 12.8 Å². The van der Waals surface area contributed by atoms with Crippen molar-refractivity contribution in [2.75, 3.05) is 5.32 Å². The number of nitrogens with one attached hydrogen (secondary N) is 2. The van der Waals surface area contributed by atoms with Gasteiger partial charge in [-0.25, -0.2) is 0 Å². The summed E-state index contributed by atoms with van der Waals surface area (Å²) in [6.45, 7) is 5.74. The van der Waals surface area contributed by atoms with Gasteiger partial charge in [0.2, 0.25) is 0 Å². The van der Waals surface area contributed by atoms with E-state index in [1.165, 1.54) is 0 Å². The number of pyridine rings is 1. The zero-order valence-corrected chi connectivity index (χ0v) is 14.6. The summed E-state index contributed by atoms with van der Waals surface area (Å²) in [6.07, 6.45) is 1.66. The Hall–Kier alpha value is -2.40. The molecule has 0 unspecified atom stereocenters. The molecule has 0 aliphatic carbocycles. The molecule has 0 saturated heterocycles. The molecule has 2 aromatic rings. The average Bonchev–Trinajstić information content (AvgIpc) is 2.56. The highest BCUT2D eigenvalue weighted by Crippen LogP contribution is 2.21. The Balaban J connectivity index is 2.09. The smallest absolute Gasteiger partial charge is 0.313 e. The van der Waals surface area contributed by atoms with Crippen molar-refractivity contribution >= 4 is 29.1 Å². The summed E-state index contributed by atoms with van der Waals surface area (Å²) in [7, 11) is 0. The first kappa shape index (κ1) is 17.9. The lowest BCUT2D eigenvalue weighted by Gasteiger charge is -2.21. The third-order valence-electron chi connectivity index (χ3n) is 3.61. The molecule has 0 spiro atoms. The fourth-order valence-electron chi connectivity index (χ4n) is 2.26. The van der Waals surface area contributed by atoms with E-state index in [0.29, 0.717) is 16.4 Å². The van der Waals surface area contributed by atoms with Crippen LogP contribution in [0.2, 0.25) is 5.02 Å². The van der Waals surface area contributed by atoms with Crippen LogP contribution >= 0.6 is 11.6 Å². The lowest BCUT2D eigenvalue weighted by atomic mass is 10.0. The predicted molar refractivity (Wildman–Crippen MR) is 94.8 cm³/mol. The van der Waals surface area contributed by atoms with Crippen LogP contribution < -0.4 is 10.6 Å². The molecule has 1 aromatic heterocycles.